The van der Waals surface area contributed by atoms with Crippen molar-refractivity contribution >= 4 is 17.2 Å². The third-order valence-corrected chi connectivity index (χ3v) is 4.13. The molecule has 0 aliphatic carbocycles. The number of nitrogens with one attached hydrogen (secondary N) is 1. The fourth-order valence-corrected chi connectivity index (χ4v) is 2.93. The minimum Gasteiger partial charge on any atom is -0.370 e. The predicted molar refractivity (Wildman–Crippen MR) is 66.0 cm³/mol. The van der Waals surface area contributed by atoms with Crippen molar-refractivity contribution in [3.05, 3.63) is 22.4 Å². The summed E-state index contributed by atoms with van der Waals surface area (Å²) < 4.78 is 5.73. The monoisotopic (exact) mass is 252 g/mol. The minimum absolute atomic E-state index is 0.0620. The van der Waals surface area contributed by atoms with E-state index in [1.807, 2.05) is 4.90 Å². The van der Waals surface area contributed by atoms with Gasteiger partial charge in [-0.25, -0.2) is 0 Å². The van der Waals surface area contributed by atoms with E-state index in [1.165, 1.54) is 5.56 Å². The van der Waals surface area contributed by atoms with Gasteiger partial charge in [-0.3, -0.25) is 4.79 Å². The number of carbonyl (C=O) groups is 1. The summed E-state index contributed by atoms with van der Waals surface area (Å²) in [6.07, 6.45) is 0.0620. The SMILES string of the molecule is O=C(C1CNC1)N1CCOC(c2ccsc2)C1. The third-order valence-electron chi connectivity index (χ3n) is 3.42. The van der Waals surface area contributed by atoms with E-state index >= 15 is 0 Å². The Balaban J connectivity index is 1.65. The largest absolute Gasteiger partial charge is 0.370 e. The second kappa shape index (κ2) is 4.76. The maximum absolute atomic E-state index is 12.1. The molecule has 17 heavy (non-hydrogen) atoms. The van der Waals surface area contributed by atoms with Crippen LogP contribution in [-0.2, 0) is 9.53 Å². The first-order chi connectivity index (χ1) is 8.34. The summed E-state index contributed by atoms with van der Waals surface area (Å²) >= 11 is 1.67. The van der Waals surface area contributed by atoms with Crippen molar-refractivity contribution in [3.63, 3.8) is 0 Å². The molecule has 1 unspecified atom stereocenters. The second-order valence-corrected chi connectivity index (χ2v) is 5.34. The normalized spacial score (nSPS) is 25.6. The lowest BCUT2D eigenvalue weighted by molar-refractivity contribution is -0.144. The minimum atomic E-state index is 0.0620. The van der Waals surface area contributed by atoms with Crippen LogP contribution in [0.1, 0.15) is 11.7 Å². The van der Waals surface area contributed by atoms with Gasteiger partial charge in [0.15, 0.2) is 0 Å². The maximum Gasteiger partial charge on any atom is 0.228 e. The van der Waals surface area contributed by atoms with Crippen molar-refractivity contribution in [1.29, 1.82) is 0 Å². The molecule has 1 aromatic rings. The number of hydrogen-bond donors (Lipinski definition) is 1. The van der Waals surface area contributed by atoms with Crippen molar-refractivity contribution in [1.82, 2.24) is 10.2 Å². The molecule has 92 valence electrons. The zero-order valence-corrected chi connectivity index (χ0v) is 10.4. The Morgan fingerprint density at radius 1 is 1.53 bits per heavy atom. The third kappa shape index (κ3) is 2.22. The van der Waals surface area contributed by atoms with Crippen LogP contribution in [0.5, 0.6) is 0 Å². The van der Waals surface area contributed by atoms with Gasteiger partial charge in [0.1, 0.15) is 6.10 Å². The van der Waals surface area contributed by atoms with Gasteiger partial charge in [0.05, 0.1) is 19.1 Å². The van der Waals surface area contributed by atoms with Crippen LogP contribution in [0.2, 0.25) is 0 Å². The van der Waals surface area contributed by atoms with Gasteiger partial charge < -0.3 is 15.0 Å². The summed E-state index contributed by atoms with van der Waals surface area (Å²) in [5, 5.41) is 7.29. The Hall–Kier alpha value is -0.910. The van der Waals surface area contributed by atoms with E-state index in [-0.39, 0.29) is 17.9 Å². The zero-order chi connectivity index (χ0) is 11.7. The van der Waals surface area contributed by atoms with E-state index in [2.05, 4.69) is 22.1 Å². The molecule has 2 fully saturated rings. The number of carbonyl (C=O) groups excluding carboxylic acids is 1. The summed E-state index contributed by atoms with van der Waals surface area (Å²) in [7, 11) is 0. The average Bonchev–Trinajstić information content (AvgIpc) is 2.80. The van der Waals surface area contributed by atoms with Gasteiger partial charge >= 0.3 is 0 Å². The lowest BCUT2D eigenvalue weighted by Gasteiger charge is -2.37. The van der Waals surface area contributed by atoms with Gasteiger partial charge in [-0.1, -0.05) is 0 Å². The maximum atomic E-state index is 12.1. The molecule has 1 amide bonds. The molecule has 0 saturated carbocycles. The molecule has 1 aromatic heterocycles. The molecule has 1 atom stereocenters. The van der Waals surface area contributed by atoms with Crippen LogP contribution in [0.15, 0.2) is 16.8 Å². The van der Waals surface area contributed by atoms with Crippen LogP contribution < -0.4 is 5.32 Å². The second-order valence-electron chi connectivity index (χ2n) is 4.56. The topological polar surface area (TPSA) is 41.6 Å². The predicted octanol–water partition coefficient (Wildman–Crippen LogP) is 0.867. The summed E-state index contributed by atoms with van der Waals surface area (Å²) in [5.74, 6) is 0.475. The van der Waals surface area contributed by atoms with Crippen molar-refractivity contribution in [2.75, 3.05) is 32.8 Å². The number of thiophene rings is 1. The first kappa shape index (κ1) is 11.2. The number of morpholine rings is 1. The number of rotatable bonds is 2. The average molecular weight is 252 g/mol. The Kier molecular flexibility index (Phi) is 3.13. The van der Waals surface area contributed by atoms with Gasteiger partial charge in [0.2, 0.25) is 5.91 Å². The van der Waals surface area contributed by atoms with Gasteiger partial charge in [0.25, 0.3) is 0 Å². The Bertz CT molecular complexity index is 389. The lowest BCUT2D eigenvalue weighted by atomic mass is 10.0. The Labute approximate surface area is 105 Å². The van der Waals surface area contributed by atoms with Crippen molar-refractivity contribution in [2.45, 2.75) is 6.10 Å². The van der Waals surface area contributed by atoms with E-state index in [9.17, 15) is 4.79 Å². The molecule has 2 saturated heterocycles. The van der Waals surface area contributed by atoms with Crippen LogP contribution in [0.4, 0.5) is 0 Å². The number of hydrogen-bond acceptors (Lipinski definition) is 4. The number of nitrogens with zero attached hydrogens (tertiary/aromatic N) is 1. The van der Waals surface area contributed by atoms with Crippen molar-refractivity contribution in [2.24, 2.45) is 5.92 Å². The molecule has 1 N–H and O–H groups in total. The highest BCUT2D eigenvalue weighted by atomic mass is 32.1. The van der Waals surface area contributed by atoms with E-state index in [0.717, 1.165) is 19.6 Å². The molecule has 3 heterocycles. The molecule has 0 spiro atoms. The smallest absolute Gasteiger partial charge is 0.228 e. The molecule has 2 aliphatic rings. The van der Waals surface area contributed by atoms with Gasteiger partial charge in [-0.05, 0) is 22.4 Å². The van der Waals surface area contributed by atoms with E-state index in [0.29, 0.717) is 13.2 Å². The van der Waals surface area contributed by atoms with Crippen molar-refractivity contribution in [3.8, 4) is 0 Å². The molecule has 0 radical (unpaired) electrons. The lowest BCUT2D eigenvalue weighted by Crippen LogP contribution is -2.54. The first-order valence-corrected chi connectivity index (χ1v) is 6.92. The molecule has 4 nitrogen and oxygen atoms in total. The van der Waals surface area contributed by atoms with Gasteiger partial charge in [0, 0.05) is 19.6 Å². The summed E-state index contributed by atoms with van der Waals surface area (Å²) in [6.45, 7) is 3.74. The standard InChI is InChI=1S/C12H16N2O2S/c15-12(10-5-13-6-10)14-2-3-16-11(7-14)9-1-4-17-8-9/h1,4,8,10-11,13H,2-3,5-7H2. The van der Waals surface area contributed by atoms with Crippen LogP contribution >= 0.6 is 11.3 Å². The van der Waals surface area contributed by atoms with Crippen LogP contribution in [0.25, 0.3) is 0 Å². The molecule has 5 heteroatoms. The van der Waals surface area contributed by atoms with Gasteiger partial charge in [-0.2, -0.15) is 11.3 Å². The molecule has 3 rings (SSSR count). The van der Waals surface area contributed by atoms with E-state index in [4.69, 9.17) is 4.74 Å². The summed E-state index contributed by atoms with van der Waals surface area (Å²) in [6, 6.07) is 2.08. The van der Waals surface area contributed by atoms with Crippen LogP contribution in [0.3, 0.4) is 0 Å². The number of amides is 1. The first-order valence-electron chi connectivity index (χ1n) is 5.98. The highest BCUT2D eigenvalue weighted by Gasteiger charge is 2.32. The fraction of sp³-hybridized carbons (Fsp3) is 0.583. The van der Waals surface area contributed by atoms with E-state index < -0.39 is 0 Å². The molecular weight excluding hydrogens is 236 g/mol. The Morgan fingerprint density at radius 3 is 3.06 bits per heavy atom. The van der Waals surface area contributed by atoms with Crippen molar-refractivity contribution < 1.29 is 9.53 Å². The van der Waals surface area contributed by atoms with Gasteiger partial charge in [-0.15, -0.1) is 0 Å². The zero-order valence-electron chi connectivity index (χ0n) is 9.59. The molecule has 2 aliphatic heterocycles. The van der Waals surface area contributed by atoms with E-state index in [1.54, 1.807) is 11.3 Å². The highest BCUT2D eigenvalue weighted by Crippen LogP contribution is 2.25. The van der Waals surface area contributed by atoms with Crippen LogP contribution in [0, 0.1) is 5.92 Å². The highest BCUT2D eigenvalue weighted by molar-refractivity contribution is 7.07. The quantitative estimate of drug-likeness (QED) is 0.849. The fourth-order valence-electron chi connectivity index (χ4n) is 2.23. The molecular formula is C12H16N2O2S. The number of ether oxygens (including phenoxy) is 1. The van der Waals surface area contributed by atoms with Crippen LogP contribution in [-0.4, -0.2) is 43.6 Å². The Morgan fingerprint density at radius 2 is 2.41 bits per heavy atom. The molecule has 0 bridgehead atoms. The summed E-state index contributed by atoms with van der Waals surface area (Å²) in [5.41, 5.74) is 1.19. The summed E-state index contributed by atoms with van der Waals surface area (Å²) in [4.78, 5) is 14.1. The molecule has 0 aromatic carbocycles.